The minimum absolute atomic E-state index is 0.0453. The first-order valence-corrected chi connectivity index (χ1v) is 9.06. The van der Waals surface area contributed by atoms with E-state index >= 15 is 0 Å². The van der Waals surface area contributed by atoms with Crippen molar-refractivity contribution >= 4 is 5.91 Å². The van der Waals surface area contributed by atoms with Crippen LogP contribution in [0.1, 0.15) is 65.7 Å². The summed E-state index contributed by atoms with van der Waals surface area (Å²) < 4.78 is 5.90. The largest absolute Gasteiger partial charge is 0.377 e. The molecule has 3 aliphatic rings. The van der Waals surface area contributed by atoms with E-state index in [4.69, 9.17) is 10.5 Å². The molecule has 2 aliphatic carbocycles. The van der Waals surface area contributed by atoms with Crippen molar-refractivity contribution < 1.29 is 9.53 Å². The lowest BCUT2D eigenvalue weighted by Crippen LogP contribution is -2.82. The maximum Gasteiger partial charge on any atom is 0.241 e. The van der Waals surface area contributed by atoms with E-state index in [1.807, 2.05) is 0 Å². The van der Waals surface area contributed by atoms with Crippen LogP contribution in [0, 0.1) is 16.7 Å². The number of nitrogens with two attached hydrogens (primary N) is 1. The van der Waals surface area contributed by atoms with Gasteiger partial charge in [-0.3, -0.25) is 4.79 Å². The predicted octanol–water partition coefficient (Wildman–Crippen LogP) is 2.61. The van der Waals surface area contributed by atoms with Gasteiger partial charge in [-0.1, -0.05) is 33.6 Å². The second-order valence-electron chi connectivity index (χ2n) is 8.37. The van der Waals surface area contributed by atoms with Crippen LogP contribution in [0.3, 0.4) is 0 Å². The fourth-order valence-electron chi connectivity index (χ4n) is 5.23. The number of nitrogens with one attached hydrogen (secondary N) is 1. The summed E-state index contributed by atoms with van der Waals surface area (Å²) in [6, 6.07) is 0. The van der Waals surface area contributed by atoms with E-state index in [-0.39, 0.29) is 23.3 Å². The van der Waals surface area contributed by atoms with Crippen LogP contribution >= 0.6 is 0 Å². The van der Waals surface area contributed by atoms with Crippen LogP contribution in [0.4, 0.5) is 0 Å². The third kappa shape index (κ3) is 2.14. The van der Waals surface area contributed by atoms with Crippen molar-refractivity contribution in [1.82, 2.24) is 5.32 Å². The van der Waals surface area contributed by atoms with Gasteiger partial charge in [-0.25, -0.2) is 0 Å². The van der Waals surface area contributed by atoms with Crippen molar-refractivity contribution in [2.45, 2.75) is 77.4 Å². The van der Waals surface area contributed by atoms with E-state index < -0.39 is 5.54 Å². The van der Waals surface area contributed by atoms with Crippen molar-refractivity contribution in [3.63, 3.8) is 0 Å². The number of amides is 1. The Morgan fingerprint density at radius 2 is 1.95 bits per heavy atom. The molecule has 0 aromatic heterocycles. The van der Waals surface area contributed by atoms with Gasteiger partial charge in [0.25, 0.3) is 0 Å². The molecule has 3 fully saturated rings. The Morgan fingerprint density at radius 1 is 1.27 bits per heavy atom. The first-order chi connectivity index (χ1) is 10.4. The lowest BCUT2D eigenvalue weighted by Gasteiger charge is -2.65. The molecule has 1 aliphatic heterocycles. The number of rotatable bonds is 4. The van der Waals surface area contributed by atoms with E-state index in [0.717, 1.165) is 32.4 Å². The molecule has 4 heteroatoms. The molecule has 126 valence electrons. The van der Waals surface area contributed by atoms with Crippen molar-refractivity contribution in [2.75, 3.05) is 13.2 Å². The number of hydrogen-bond donors (Lipinski definition) is 2. The standard InChI is InChI=1S/C18H32N2O2/c1-4-17(9-5-6-10-17)12-20-15(21)18(19)13-8-7-11-22-14(13)16(18,2)3/h13-14H,4-12,19H2,1-3H3,(H,20,21). The molecule has 0 spiro atoms. The van der Waals surface area contributed by atoms with Gasteiger partial charge < -0.3 is 15.8 Å². The second kappa shape index (κ2) is 5.48. The van der Waals surface area contributed by atoms with Gasteiger partial charge in [-0.2, -0.15) is 0 Å². The number of fused-ring (bicyclic) bond motifs is 1. The highest BCUT2D eigenvalue weighted by Crippen LogP contribution is 2.57. The predicted molar refractivity (Wildman–Crippen MR) is 87.4 cm³/mol. The SMILES string of the molecule is CCC1(CNC(=O)C2(N)C3CCCOC3C2(C)C)CCCC1. The van der Waals surface area contributed by atoms with E-state index in [2.05, 4.69) is 26.1 Å². The van der Waals surface area contributed by atoms with Gasteiger partial charge in [-0.05, 0) is 37.5 Å². The zero-order valence-corrected chi connectivity index (χ0v) is 14.4. The van der Waals surface area contributed by atoms with E-state index in [0.29, 0.717) is 5.41 Å². The van der Waals surface area contributed by atoms with Crippen molar-refractivity contribution in [3.05, 3.63) is 0 Å². The molecule has 0 aromatic rings. The van der Waals surface area contributed by atoms with Crippen LogP contribution in [0.2, 0.25) is 0 Å². The van der Waals surface area contributed by atoms with E-state index in [1.54, 1.807) is 0 Å². The monoisotopic (exact) mass is 308 g/mol. The minimum atomic E-state index is -0.772. The smallest absolute Gasteiger partial charge is 0.241 e. The average molecular weight is 308 g/mol. The zero-order valence-electron chi connectivity index (χ0n) is 14.4. The first kappa shape index (κ1) is 16.3. The quantitative estimate of drug-likeness (QED) is 0.839. The molecule has 3 N–H and O–H groups in total. The summed E-state index contributed by atoms with van der Waals surface area (Å²) in [7, 11) is 0. The summed E-state index contributed by atoms with van der Waals surface area (Å²) in [5, 5.41) is 3.23. The molecule has 1 amide bonds. The van der Waals surface area contributed by atoms with Gasteiger partial charge in [0.1, 0.15) is 5.54 Å². The number of carbonyl (C=O) groups is 1. The highest BCUT2D eigenvalue weighted by molar-refractivity contribution is 5.89. The van der Waals surface area contributed by atoms with Crippen LogP contribution in [-0.2, 0) is 9.53 Å². The van der Waals surface area contributed by atoms with Crippen molar-refractivity contribution in [1.29, 1.82) is 0 Å². The second-order valence-corrected chi connectivity index (χ2v) is 8.37. The van der Waals surface area contributed by atoms with Gasteiger partial charge in [0, 0.05) is 24.5 Å². The Kier molecular flexibility index (Phi) is 4.05. The minimum Gasteiger partial charge on any atom is -0.377 e. The van der Waals surface area contributed by atoms with E-state index in [1.165, 1.54) is 25.7 Å². The van der Waals surface area contributed by atoms with Crippen molar-refractivity contribution in [3.8, 4) is 0 Å². The summed E-state index contributed by atoms with van der Waals surface area (Å²) in [5.41, 5.74) is 5.91. The van der Waals surface area contributed by atoms with Crippen LogP contribution < -0.4 is 11.1 Å². The van der Waals surface area contributed by atoms with Gasteiger partial charge in [0.15, 0.2) is 0 Å². The molecule has 0 aromatic carbocycles. The Labute approximate surface area is 134 Å². The summed E-state index contributed by atoms with van der Waals surface area (Å²) in [4.78, 5) is 12.9. The molecular formula is C18H32N2O2. The highest BCUT2D eigenvalue weighted by atomic mass is 16.5. The lowest BCUT2D eigenvalue weighted by atomic mass is 9.46. The molecule has 3 atom stereocenters. The summed E-state index contributed by atoms with van der Waals surface area (Å²) in [5.74, 6) is 0.223. The summed E-state index contributed by atoms with van der Waals surface area (Å²) >= 11 is 0. The molecule has 0 radical (unpaired) electrons. The Bertz CT molecular complexity index is 442. The maximum atomic E-state index is 12.9. The molecule has 4 nitrogen and oxygen atoms in total. The van der Waals surface area contributed by atoms with Crippen molar-refractivity contribution in [2.24, 2.45) is 22.5 Å². The fourth-order valence-corrected chi connectivity index (χ4v) is 5.23. The van der Waals surface area contributed by atoms with Gasteiger partial charge >= 0.3 is 0 Å². The number of hydrogen-bond acceptors (Lipinski definition) is 3. The molecule has 3 unspecified atom stereocenters. The molecule has 1 saturated heterocycles. The first-order valence-electron chi connectivity index (χ1n) is 9.06. The van der Waals surface area contributed by atoms with Crippen LogP contribution in [0.5, 0.6) is 0 Å². The van der Waals surface area contributed by atoms with Crippen LogP contribution in [-0.4, -0.2) is 30.7 Å². The van der Waals surface area contributed by atoms with Crippen LogP contribution in [0.25, 0.3) is 0 Å². The number of ether oxygens (including phenoxy) is 1. The molecule has 1 heterocycles. The Hall–Kier alpha value is -0.610. The molecule has 2 saturated carbocycles. The summed E-state index contributed by atoms with van der Waals surface area (Å²) in [6.45, 7) is 8.01. The topological polar surface area (TPSA) is 64.4 Å². The lowest BCUT2D eigenvalue weighted by molar-refractivity contribution is -0.225. The van der Waals surface area contributed by atoms with Gasteiger partial charge in [0.05, 0.1) is 6.10 Å². The molecule has 22 heavy (non-hydrogen) atoms. The third-order valence-corrected chi connectivity index (χ3v) is 7.10. The van der Waals surface area contributed by atoms with Gasteiger partial charge in [0.2, 0.25) is 5.91 Å². The Morgan fingerprint density at radius 3 is 2.59 bits per heavy atom. The average Bonchev–Trinajstić information content (AvgIpc) is 3.01. The highest BCUT2D eigenvalue weighted by Gasteiger charge is 2.70. The van der Waals surface area contributed by atoms with Crippen LogP contribution in [0.15, 0.2) is 0 Å². The normalized spacial score (nSPS) is 38.9. The molecular weight excluding hydrogens is 276 g/mol. The Balaban J connectivity index is 1.68. The number of carbonyl (C=O) groups excluding carboxylic acids is 1. The van der Waals surface area contributed by atoms with Gasteiger partial charge in [-0.15, -0.1) is 0 Å². The maximum absolute atomic E-state index is 12.9. The molecule has 3 rings (SSSR count). The fraction of sp³-hybridized carbons (Fsp3) is 0.944. The van der Waals surface area contributed by atoms with E-state index in [9.17, 15) is 4.79 Å². The third-order valence-electron chi connectivity index (χ3n) is 7.10. The molecule has 0 bridgehead atoms. The summed E-state index contributed by atoms with van der Waals surface area (Å²) in [6.07, 6.45) is 8.37. The zero-order chi connectivity index (χ0) is 16.0.